The number of hydrogen-bond acceptors (Lipinski definition) is 9. The number of rotatable bonds is 13. The lowest BCUT2D eigenvalue weighted by atomic mass is 10.0. The number of alkyl carbamates (subject to hydrolysis) is 1. The molecule has 0 unspecified atom stereocenters. The number of nitrogens with one attached hydrogen (secondary N) is 3. The molecule has 43 heavy (non-hydrogen) atoms. The van der Waals surface area contributed by atoms with Crippen molar-refractivity contribution in [2.24, 2.45) is 11.8 Å². The molecule has 1 aromatic carbocycles. The zero-order valence-electron chi connectivity index (χ0n) is 26.4. The van der Waals surface area contributed by atoms with E-state index in [4.69, 9.17) is 14.2 Å². The highest BCUT2D eigenvalue weighted by atomic mass is 32.1. The van der Waals surface area contributed by atoms with Gasteiger partial charge in [-0.25, -0.2) is 14.6 Å². The van der Waals surface area contributed by atoms with Crippen LogP contribution in [0.3, 0.4) is 0 Å². The minimum Gasteiger partial charge on any atom is -0.493 e. The van der Waals surface area contributed by atoms with Gasteiger partial charge in [0.05, 0.1) is 19.8 Å². The first-order valence-corrected chi connectivity index (χ1v) is 15.0. The van der Waals surface area contributed by atoms with Crippen LogP contribution in [0, 0.1) is 11.8 Å². The van der Waals surface area contributed by atoms with E-state index in [0.717, 1.165) is 11.3 Å². The lowest BCUT2D eigenvalue weighted by Crippen LogP contribution is -2.47. The van der Waals surface area contributed by atoms with Gasteiger partial charge in [-0.05, 0) is 63.6 Å². The molecule has 2 rings (SSSR count). The van der Waals surface area contributed by atoms with Crippen molar-refractivity contribution < 1.29 is 33.4 Å². The number of carbonyl (C=O) groups excluding carboxylic acids is 4. The Balaban J connectivity index is 2.22. The highest BCUT2D eigenvalue weighted by Gasteiger charge is 2.28. The fraction of sp³-hybridized carbons (Fsp3) is 0.516. The molecule has 236 valence electrons. The number of amides is 3. The molecule has 0 saturated carbocycles. The summed E-state index contributed by atoms with van der Waals surface area (Å²) in [6, 6.07) is 6.09. The molecule has 2 aromatic rings. The van der Waals surface area contributed by atoms with E-state index < -0.39 is 41.6 Å². The normalized spacial score (nSPS) is 13.2. The molecule has 0 fully saturated rings. The second-order valence-corrected chi connectivity index (χ2v) is 12.6. The van der Waals surface area contributed by atoms with Crippen LogP contribution < -0.4 is 20.7 Å². The average Bonchev–Trinajstić information content (AvgIpc) is 3.42. The Hall–Kier alpha value is -3.93. The summed E-state index contributed by atoms with van der Waals surface area (Å²) in [4.78, 5) is 55.2. The summed E-state index contributed by atoms with van der Waals surface area (Å²) >= 11 is 1.20. The van der Waals surface area contributed by atoms with E-state index in [1.165, 1.54) is 24.5 Å². The van der Waals surface area contributed by atoms with Crippen LogP contribution in [0.25, 0.3) is 0 Å². The first-order valence-electron chi connectivity index (χ1n) is 14.2. The maximum absolute atomic E-state index is 13.1. The van der Waals surface area contributed by atoms with Gasteiger partial charge in [-0.1, -0.05) is 45.9 Å². The Morgan fingerprint density at radius 2 is 1.67 bits per heavy atom. The monoisotopic (exact) mass is 616 g/mol. The van der Waals surface area contributed by atoms with Gasteiger partial charge in [0.2, 0.25) is 0 Å². The minimum absolute atomic E-state index is 0.0442. The molecule has 0 saturated heterocycles. The fourth-order valence-electron chi connectivity index (χ4n) is 3.71. The number of methoxy groups -OCH3 is 1. The Kier molecular flexibility index (Phi) is 13.2. The molecule has 1 heterocycles. The van der Waals surface area contributed by atoms with Gasteiger partial charge in [-0.3, -0.25) is 9.59 Å². The third-order valence-electron chi connectivity index (χ3n) is 5.88. The molecule has 3 N–H and O–H groups in total. The lowest BCUT2D eigenvalue weighted by Gasteiger charge is -2.23. The number of esters is 1. The van der Waals surface area contributed by atoms with Gasteiger partial charge in [-0.2, -0.15) is 0 Å². The Labute approximate surface area is 257 Å². The second-order valence-electron chi connectivity index (χ2n) is 11.7. The smallest absolute Gasteiger partial charge is 0.408 e. The van der Waals surface area contributed by atoms with Crippen molar-refractivity contribution in [2.45, 2.75) is 79.5 Å². The number of nitrogens with zero attached hydrogens (tertiary/aromatic N) is 1. The largest absolute Gasteiger partial charge is 0.493 e. The van der Waals surface area contributed by atoms with Crippen LogP contribution in [-0.4, -0.2) is 54.2 Å². The van der Waals surface area contributed by atoms with E-state index in [0.29, 0.717) is 24.0 Å². The van der Waals surface area contributed by atoms with Crippen LogP contribution in [0.15, 0.2) is 41.4 Å². The maximum Gasteiger partial charge on any atom is 0.408 e. The molecule has 11 nitrogen and oxygen atoms in total. The van der Waals surface area contributed by atoms with E-state index in [-0.39, 0.29) is 17.3 Å². The molecule has 1 aromatic heterocycles. The first-order chi connectivity index (χ1) is 20.1. The quantitative estimate of drug-likeness (QED) is 0.212. The number of benzene rings is 1. The van der Waals surface area contributed by atoms with Gasteiger partial charge >= 0.3 is 12.1 Å². The average molecular weight is 617 g/mol. The van der Waals surface area contributed by atoms with Crippen molar-refractivity contribution in [3.8, 4) is 5.75 Å². The molecule has 0 aliphatic rings. The summed E-state index contributed by atoms with van der Waals surface area (Å²) in [6.07, 6.45) is 1.19. The molecule has 0 spiro atoms. The predicted molar refractivity (Wildman–Crippen MR) is 165 cm³/mol. The Bertz CT molecular complexity index is 1280. The zero-order chi connectivity index (χ0) is 32.3. The van der Waals surface area contributed by atoms with Crippen LogP contribution in [0.1, 0.15) is 82.5 Å². The SMILES string of the molecule is C/C=C(\NC(=O)c1csc([C@@H](Cc2ccc(OCC(C)C)cc2)NC(=O)OC(C)(C)C)n1)C(=O)N[C@H](C(=O)OC)C(C)C. The van der Waals surface area contributed by atoms with Gasteiger partial charge in [-0.15, -0.1) is 11.3 Å². The summed E-state index contributed by atoms with van der Waals surface area (Å²) in [5.74, 6) is -0.931. The Morgan fingerprint density at radius 1 is 1.02 bits per heavy atom. The molecular formula is C31H44N4O7S. The lowest BCUT2D eigenvalue weighted by molar-refractivity contribution is -0.146. The summed E-state index contributed by atoms with van der Waals surface area (Å²) in [6.45, 7) is 15.2. The number of aromatic nitrogens is 1. The van der Waals surface area contributed by atoms with Crippen LogP contribution in [0.2, 0.25) is 0 Å². The zero-order valence-corrected chi connectivity index (χ0v) is 27.2. The number of carbonyl (C=O) groups is 4. The third-order valence-corrected chi connectivity index (χ3v) is 6.84. The number of ether oxygens (including phenoxy) is 3. The molecule has 12 heteroatoms. The minimum atomic E-state index is -0.884. The van der Waals surface area contributed by atoms with Gasteiger partial charge in [0.25, 0.3) is 11.8 Å². The molecule has 0 aliphatic carbocycles. The third kappa shape index (κ3) is 11.7. The number of hydrogen-bond donors (Lipinski definition) is 3. The standard InChI is InChI=1S/C31H44N4O7S/c1-10-22(26(36)35-25(19(4)5)29(38)40-9)32-27(37)24-17-43-28(33-24)23(34-30(39)42-31(6,7)8)15-20-11-13-21(14-12-20)41-16-18(2)3/h10-14,17-19,23,25H,15-16H2,1-9H3,(H,32,37)(H,34,39)(H,35,36)/b22-10-/t23-,25+/m1/s1. The van der Waals surface area contributed by atoms with Crippen LogP contribution in [0.5, 0.6) is 5.75 Å². The van der Waals surface area contributed by atoms with E-state index in [1.807, 2.05) is 24.3 Å². The maximum atomic E-state index is 13.1. The fourth-order valence-corrected chi connectivity index (χ4v) is 4.56. The van der Waals surface area contributed by atoms with Crippen molar-refractivity contribution in [1.29, 1.82) is 0 Å². The molecule has 0 aliphatic heterocycles. The van der Waals surface area contributed by atoms with Crippen molar-refractivity contribution in [2.75, 3.05) is 13.7 Å². The van der Waals surface area contributed by atoms with Gasteiger partial charge in [0.15, 0.2) is 0 Å². The molecule has 0 radical (unpaired) electrons. The van der Waals surface area contributed by atoms with E-state index >= 15 is 0 Å². The van der Waals surface area contributed by atoms with Crippen LogP contribution in [0.4, 0.5) is 4.79 Å². The highest BCUT2D eigenvalue weighted by molar-refractivity contribution is 7.09. The molecule has 0 bridgehead atoms. The summed E-state index contributed by atoms with van der Waals surface area (Å²) in [7, 11) is 1.24. The van der Waals surface area contributed by atoms with Gasteiger partial charge in [0, 0.05) is 5.38 Å². The molecule has 3 amide bonds. The first kappa shape index (κ1) is 35.3. The van der Waals surface area contributed by atoms with Crippen molar-refractivity contribution in [3.05, 3.63) is 57.7 Å². The molecule has 2 atom stereocenters. The number of allylic oxidation sites excluding steroid dienone is 1. The second kappa shape index (κ2) is 16.1. The van der Waals surface area contributed by atoms with Crippen molar-refractivity contribution in [3.63, 3.8) is 0 Å². The van der Waals surface area contributed by atoms with E-state index in [2.05, 4.69) is 34.8 Å². The van der Waals surface area contributed by atoms with Crippen molar-refractivity contribution in [1.82, 2.24) is 20.9 Å². The van der Waals surface area contributed by atoms with Crippen molar-refractivity contribution >= 4 is 35.2 Å². The highest BCUT2D eigenvalue weighted by Crippen LogP contribution is 2.25. The van der Waals surface area contributed by atoms with Crippen LogP contribution in [-0.2, 0) is 25.5 Å². The van der Waals surface area contributed by atoms with E-state index in [1.54, 1.807) is 46.9 Å². The molecular weight excluding hydrogens is 572 g/mol. The van der Waals surface area contributed by atoms with Gasteiger partial charge < -0.3 is 30.2 Å². The topological polar surface area (TPSA) is 145 Å². The van der Waals surface area contributed by atoms with Crippen LogP contribution >= 0.6 is 11.3 Å². The summed E-state index contributed by atoms with van der Waals surface area (Å²) in [5.41, 5.74) is 0.229. The number of thiazole rings is 1. The van der Waals surface area contributed by atoms with Gasteiger partial charge in [0.1, 0.15) is 33.8 Å². The Morgan fingerprint density at radius 3 is 2.21 bits per heavy atom. The summed E-state index contributed by atoms with van der Waals surface area (Å²) in [5, 5.41) is 10.1. The predicted octanol–water partition coefficient (Wildman–Crippen LogP) is 4.93. The summed E-state index contributed by atoms with van der Waals surface area (Å²) < 4.78 is 16.0. The van der Waals surface area contributed by atoms with E-state index in [9.17, 15) is 19.2 Å².